The van der Waals surface area contributed by atoms with E-state index >= 15 is 0 Å². The molecular weight excluding hydrogens is 416 g/mol. The van der Waals surface area contributed by atoms with Gasteiger partial charge in [-0.2, -0.15) is 0 Å². The second kappa shape index (κ2) is 7.55. The molecule has 1 fully saturated rings. The van der Waals surface area contributed by atoms with E-state index in [1.807, 2.05) is 26.0 Å². The van der Waals surface area contributed by atoms with Gasteiger partial charge in [0.2, 0.25) is 0 Å². The molecule has 2 N–H and O–H groups in total. The molecule has 5 nitrogen and oxygen atoms in total. The monoisotopic (exact) mass is 432 g/mol. The number of thioether (sulfide) groups is 1. The zero-order chi connectivity index (χ0) is 18.8. The predicted octanol–water partition coefficient (Wildman–Crippen LogP) is 4.67. The van der Waals surface area contributed by atoms with Gasteiger partial charge in [0, 0.05) is 0 Å². The number of benzene rings is 2. The zero-order valence-electron chi connectivity index (χ0n) is 14.5. The van der Waals surface area contributed by atoms with Gasteiger partial charge in [0.05, 0.1) is 22.2 Å². The van der Waals surface area contributed by atoms with Crippen molar-refractivity contribution in [2.24, 2.45) is 4.99 Å². The fourth-order valence-electron chi connectivity index (χ4n) is 2.50. The Labute approximate surface area is 164 Å². The van der Waals surface area contributed by atoms with Crippen LogP contribution in [0.2, 0.25) is 0 Å². The fourth-order valence-corrected chi connectivity index (χ4v) is 3.80. The van der Waals surface area contributed by atoms with Gasteiger partial charge in [-0.3, -0.25) is 4.79 Å². The van der Waals surface area contributed by atoms with Gasteiger partial charge in [0.15, 0.2) is 16.7 Å². The average Bonchev–Trinajstić information content (AvgIpc) is 2.92. The largest absolute Gasteiger partial charge is 0.503 e. The Kier molecular flexibility index (Phi) is 5.38. The Morgan fingerprint density at radius 3 is 2.73 bits per heavy atom. The molecule has 26 heavy (non-hydrogen) atoms. The summed E-state index contributed by atoms with van der Waals surface area (Å²) in [5.41, 5.74) is 3.78. The van der Waals surface area contributed by atoms with Gasteiger partial charge in [-0.05, 0) is 76.9 Å². The number of hydrogen-bond acceptors (Lipinski definition) is 5. The van der Waals surface area contributed by atoms with Crippen molar-refractivity contribution in [1.82, 2.24) is 5.32 Å². The molecule has 0 spiro atoms. The van der Waals surface area contributed by atoms with Crippen molar-refractivity contribution in [3.63, 3.8) is 0 Å². The summed E-state index contributed by atoms with van der Waals surface area (Å²) < 4.78 is 5.64. The van der Waals surface area contributed by atoms with Crippen molar-refractivity contribution in [2.45, 2.75) is 13.8 Å². The number of halogens is 1. The molecule has 2 aromatic rings. The van der Waals surface area contributed by atoms with Gasteiger partial charge in [0.1, 0.15) is 0 Å². The zero-order valence-corrected chi connectivity index (χ0v) is 16.9. The van der Waals surface area contributed by atoms with Crippen LogP contribution >= 0.6 is 27.7 Å². The van der Waals surface area contributed by atoms with E-state index in [1.165, 1.54) is 24.4 Å². The molecule has 0 radical (unpaired) electrons. The number of methoxy groups -OCH3 is 1. The third kappa shape index (κ3) is 3.94. The van der Waals surface area contributed by atoms with E-state index < -0.39 is 0 Å². The molecule has 0 atom stereocenters. The number of carbonyl (C=O) groups excluding carboxylic acids is 1. The smallest absolute Gasteiger partial charge is 0.264 e. The predicted molar refractivity (Wildman–Crippen MR) is 109 cm³/mol. The van der Waals surface area contributed by atoms with E-state index in [1.54, 1.807) is 18.2 Å². The summed E-state index contributed by atoms with van der Waals surface area (Å²) in [6.45, 7) is 4.02. The van der Waals surface area contributed by atoms with Crippen LogP contribution in [0.3, 0.4) is 0 Å². The number of phenols is 1. The van der Waals surface area contributed by atoms with Gasteiger partial charge < -0.3 is 15.2 Å². The van der Waals surface area contributed by atoms with Crippen LogP contribution in [0.4, 0.5) is 5.69 Å². The molecule has 0 aliphatic carbocycles. The molecule has 3 rings (SSSR count). The van der Waals surface area contributed by atoms with Gasteiger partial charge >= 0.3 is 0 Å². The number of ether oxygens (including phenoxy) is 1. The molecule has 134 valence electrons. The van der Waals surface area contributed by atoms with Crippen molar-refractivity contribution < 1.29 is 14.6 Å². The maximum Gasteiger partial charge on any atom is 0.264 e. The van der Waals surface area contributed by atoms with Crippen molar-refractivity contribution >= 4 is 50.5 Å². The number of phenolic OH excluding ortho intramolecular Hbond substituents is 1. The Hall–Kier alpha value is -2.25. The lowest BCUT2D eigenvalue weighted by Crippen LogP contribution is -2.19. The highest BCUT2D eigenvalue weighted by molar-refractivity contribution is 9.10. The molecule has 1 aliphatic heterocycles. The maximum absolute atomic E-state index is 12.3. The molecule has 0 aromatic heterocycles. The first kappa shape index (κ1) is 18.5. The van der Waals surface area contributed by atoms with Crippen LogP contribution < -0.4 is 10.1 Å². The first-order valence-electron chi connectivity index (χ1n) is 7.80. The molecule has 0 unspecified atom stereocenters. The average molecular weight is 433 g/mol. The first-order valence-corrected chi connectivity index (χ1v) is 9.41. The number of aryl methyl sites for hydroxylation is 2. The molecule has 0 saturated carbocycles. The number of aliphatic imine (C=N–C) groups is 1. The second-order valence-electron chi connectivity index (χ2n) is 5.83. The van der Waals surface area contributed by atoms with Crippen molar-refractivity contribution in [1.29, 1.82) is 0 Å². The lowest BCUT2D eigenvalue weighted by molar-refractivity contribution is -0.115. The van der Waals surface area contributed by atoms with Crippen molar-refractivity contribution in [2.75, 3.05) is 7.11 Å². The lowest BCUT2D eigenvalue weighted by atomic mass is 10.1. The highest BCUT2D eigenvalue weighted by Crippen LogP contribution is 2.37. The van der Waals surface area contributed by atoms with Crippen LogP contribution in [0.5, 0.6) is 11.5 Å². The SMILES string of the molecule is COc1cc(/C=C2\SC(=Nc3ccc(C)cc3C)NC2=O)cc(Br)c1O. The molecule has 2 aromatic carbocycles. The maximum atomic E-state index is 12.3. The van der Waals surface area contributed by atoms with E-state index in [9.17, 15) is 9.90 Å². The number of aromatic hydroxyl groups is 1. The normalized spacial score (nSPS) is 17.0. The Bertz CT molecular complexity index is 954. The first-order chi connectivity index (χ1) is 12.4. The third-order valence-electron chi connectivity index (χ3n) is 3.79. The standard InChI is InChI=1S/C19H17BrN2O3S/c1-10-4-5-14(11(2)6-10)21-19-22-18(24)16(26-19)9-12-7-13(20)17(23)15(8-12)25-3/h4-9,23H,1-3H3,(H,21,22,24)/b16-9-. The summed E-state index contributed by atoms with van der Waals surface area (Å²) in [4.78, 5) is 17.3. The van der Waals surface area contributed by atoms with Crippen LogP contribution in [0.25, 0.3) is 6.08 Å². The Balaban J connectivity index is 1.89. The van der Waals surface area contributed by atoms with Crippen LogP contribution in [0, 0.1) is 13.8 Å². The summed E-state index contributed by atoms with van der Waals surface area (Å²) in [5, 5.41) is 13.2. The number of amides is 1. The van der Waals surface area contributed by atoms with Crippen LogP contribution in [-0.2, 0) is 4.79 Å². The van der Waals surface area contributed by atoms with E-state index in [0.717, 1.165) is 16.8 Å². The molecule has 0 bridgehead atoms. The Morgan fingerprint density at radius 1 is 1.27 bits per heavy atom. The van der Waals surface area contributed by atoms with Crippen LogP contribution in [0.1, 0.15) is 16.7 Å². The molecule has 1 saturated heterocycles. The summed E-state index contributed by atoms with van der Waals surface area (Å²) >= 11 is 4.56. The second-order valence-corrected chi connectivity index (χ2v) is 7.71. The molecule has 1 amide bonds. The van der Waals surface area contributed by atoms with Gasteiger partial charge in [-0.1, -0.05) is 17.7 Å². The molecule has 1 heterocycles. The summed E-state index contributed by atoms with van der Waals surface area (Å²) in [6.07, 6.45) is 1.73. The van der Waals surface area contributed by atoms with E-state index in [0.29, 0.717) is 20.3 Å². The lowest BCUT2D eigenvalue weighted by Gasteiger charge is -2.06. The van der Waals surface area contributed by atoms with E-state index in [2.05, 4.69) is 32.3 Å². The topological polar surface area (TPSA) is 70.9 Å². The molecule has 1 aliphatic rings. The fraction of sp³-hybridized carbons (Fsp3) is 0.158. The van der Waals surface area contributed by atoms with Crippen molar-refractivity contribution in [3.05, 3.63) is 56.4 Å². The van der Waals surface area contributed by atoms with Gasteiger partial charge in [-0.15, -0.1) is 0 Å². The summed E-state index contributed by atoms with van der Waals surface area (Å²) in [7, 11) is 1.48. The number of amidine groups is 1. The summed E-state index contributed by atoms with van der Waals surface area (Å²) in [6, 6.07) is 9.37. The number of hydrogen-bond donors (Lipinski definition) is 2. The number of nitrogens with zero attached hydrogens (tertiary/aromatic N) is 1. The molecular formula is C19H17BrN2O3S. The highest BCUT2D eigenvalue weighted by Gasteiger charge is 2.24. The van der Waals surface area contributed by atoms with Gasteiger partial charge in [-0.25, -0.2) is 4.99 Å². The minimum Gasteiger partial charge on any atom is -0.503 e. The van der Waals surface area contributed by atoms with Gasteiger partial charge in [0.25, 0.3) is 5.91 Å². The third-order valence-corrected chi connectivity index (χ3v) is 5.31. The quantitative estimate of drug-likeness (QED) is 0.691. The Morgan fingerprint density at radius 2 is 2.04 bits per heavy atom. The molecule has 7 heteroatoms. The minimum absolute atomic E-state index is 0.0234. The van der Waals surface area contributed by atoms with Crippen molar-refractivity contribution in [3.8, 4) is 11.5 Å². The number of rotatable bonds is 3. The van der Waals surface area contributed by atoms with E-state index in [4.69, 9.17) is 4.74 Å². The van der Waals surface area contributed by atoms with Crippen LogP contribution in [-0.4, -0.2) is 23.3 Å². The summed E-state index contributed by atoms with van der Waals surface area (Å²) in [5.74, 6) is 0.149. The number of nitrogens with one attached hydrogen (secondary N) is 1. The van der Waals surface area contributed by atoms with Crippen LogP contribution in [0.15, 0.2) is 44.7 Å². The number of carbonyl (C=O) groups is 1. The minimum atomic E-state index is -0.207. The van der Waals surface area contributed by atoms with E-state index in [-0.39, 0.29) is 11.7 Å². The highest BCUT2D eigenvalue weighted by atomic mass is 79.9.